The highest BCUT2D eigenvalue weighted by atomic mass is 35.5. The van der Waals surface area contributed by atoms with Gasteiger partial charge < -0.3 is 15.4 Å². The number of rotatable bonds is 5. The largest absolute Gasteiger partial charge is 0.482 e. The molecule has 2 N–H and O–H groups in total. The van der Waals surface area contributed by atoms with Crippen molar-refractivity contribution in [2.45, 2.75) is 19.4 Å². The van der Waals surface area contributed by atoms with Gasteiger partial charge in [-0.2, -0.15) is 0 Å². The standard InChI is InChI=1S/C13H19ClN2O2/c1-9(15)6-10-4-5-12(11(14)7-10)18-8-13(17)16(2)3/h4-5,7,9H,6,8,15H2,1-3H3. The molecular weight excluding hydrogens is 252 g/mol. The molecule has 1 rings (SSSR count). The molecule has 100 valence electrons. The molecule has 0 radical (unpaired) electrons. The molecule has 4 nitrogen and oxygen atoms in total. The van der Waals surface area contributed by atoms with Gasteiger partial charge in [-0.3, -0.25) is 4.79 Å². The molecule has 1 aromatic carbocycles. The van der Waals surface area contributed by atoms with Crippen LogP contribution in [-0.4, -0.2) is 37.6 Å². The van der Waals surface area contributed by atoms with Crippen LogP contribution in [0.5, 0.6) is 5.75 Å². The number of amides is 1. The number of benzene rings is 1. The van der Waals surface area contributed by atoms with Gasteiger partial charge in [0.15, 0.2) is 6.61 Å². The maximum atomic E-state index is 11.4. The molecule has 1 atom stereocenters. The topological polar surface area (TPSA) is 55.6 Å². The lowest BCUT2D eigenvalue weighted by Gasteiger charge is -2.13. The Kier molecular flexibility index (Phi) is 5.44. The average molecular weight is 271 g/mol. The number of nitrogens with two attached hydrogens (primary N) is 1. The van der Waals surface area contributed by atoms with Crippen LogP contribution in [-0.2, 0) is 11.2 Å². The summed E-state index contributed by atoms with van der Waals surface area (Å²) in [5, 5.41) is 0.500. The van der Waals surface area contributed by atoms with Gasteiger partial charge in [0, 0.05) is 20.1 Å². The van der Waals surface area contributed by atoms with E-state index in [4.69, 9.17) is 22.1 Å². The van der Waals surface area contributed by atoms with Crippen molar-refractivity contribution in [1.29, 1.82) is 0 Å². The van der Waals surface area contributed by atoms with Gasteiger partial charge in [-0.15, -0.1) is 0 Å². The second-order valence-electron chi connectivity index (χ2n) is 4.52. The van der Waals surface area contributed by atoms with Crippen molar-refractivity contribution < 1.29 is 9.53 Å². The zero-order valence-corrected chi connectivity index (χ0v) is 11.7. The van der Waals surface area contributed by atoms with Crippen LogP contribution in [0.1, 0.15) is 12.5 Å². The van der Waals surface area contributed by atoms with Gasteiger partial charge in [0.25, 0.3) is 5.91 Å². The van der Waals surface area contributed by atoms with Crippen molar-refractivity contribution in [2.75, 3.05) is 20.7 Å². The lowest BCUT2D eigenvalue weighted by molar-refractivity contribution is -0.130. The minimum atomic E-state index is -0.106. The smallest absolute Gasteiger partial charge is 0.259 e. The van der Waals surface area contributed by atoms with Crippen molar-refractivity contribution >= 4 is 17.5 Å². The number of hydrogen-bond donors (Lipinski definition) is 1. The van der Waals surface area contributed by atoms with E-state index in [-0.39, 0.29) is 18.6 Å². The van der Waals surface area contributed by atoms with E-state index in [9.17, 15) is 4.79 Å². The van der Waals surface area contributed by atoms with Gasteiger partial charge in [-0.25, -0.2) is 0 Å². The van der Waals surface area contributed by atoms with E-state index in [0.717, 1.165) is 12.0 Å². The molecule has 0 saturated carbocycles. The predicted octanol–water partition coefficient (Wildman–Crippen LogP) is 1.70. The van der Waals surface area contributed by atoms with Crippen LogP contribution in [0.2, 0.25) is 5.02 Å². The van der Waals surface area contributed by atoms with Crippen molar-refractivity contribution in [2.24, 2.45) is 5.73 Å². The minimum absolute atomic E-state index is 0.0145. The molecule has 0 bridgehead atoms. The normalized spacial score (nSPS) is 12.1. The molecule has 0 aliphatic carbocycles. The predicted molar refractivity (Wildman–Crippen MR) is 73.0 cm³/mol. The Morgan fingerprint density at radius 3 is 2.67 bits per heavy atom. The first-order valence-corrected chi connectivity index (χ1v) is 6.15. The molecule has 18 heavy (non-hydrogen) atoms. The molecule has 0 aliphatic heterocycles. The first-order chi connectivity index (χ1) is 8.40. The van der Waals surface area contributed by atoms with Gasteiger partial charge in [0.1, 0.15) is 5.75 Å². The molecule has 0 aliphatic rings. The quantitative estimate of drug-likeness (QED) is 0.886. The summed E-state index contributed by atoms with van der Waals surface area (Å²) < 4.78 is 5.37. The van der Waals surface area contributed by atoms with E-state index in [1.54, 1.807) is 20.2 Å². The summed E-state index contributed by atoms with van der Waals surface area (Å²) in [6.45, 7) is 1.92. The zero-order valence-electron chi connectivity index (χ0n) is 10.9. The number of hydrogen-bond acceptors (Lipinski definition) is 3. The Hall–Kier alpha value is -1.26. The van der Waals surface area contributed by atoms with Crippen molar-refractivity contribution in [1.82, 2.24) is 4.90 Å². The fraction of sp³-hybridized carbons (Fsp3) is 0.462. The Balaban J connectivity index is 2.65. The van der Waals surface area contributed by atoms with Crippen LogP contribution in [0, 0.1) is 0 Å². The molecule has 0 saturated heterocycles. The van der Waals surface area contributed by atoms with Crippen LogP contribution in [0.4, 0.5) is 0 Å². The van der Waals surface area contributed by atoms with E-state index in [1.165, 1.54) is 4.90 Å². The van der Waals surface area contributed by atoms with E-state index < -0.39 is 0 Å². The molecule has 1 amide bonds. The summed E-state index contributed by atoms with van der Waals surface area (Å²) in [5.74, 6) is 0.408. The highest BCUT2D eigenvalue weighted by molar-refractivity contribution is 6.32. The number of ether oxygens (including phenoxy) is 1. The molecule has 0 heterocycles. The van der Waals surface area contributed by atoms with Gasteiger partial charge in [-0.05, 0) is 31.0 Å². The average Bonchev–Trinajstić information content (AvgIpc) is 2.26. The molecule has 0 fully saturated rings. The number of carbonyl (C=O) groups excluding carboxylic acids is 1. The summed E-state index contributed by atoms with van der Waals surface area (Å²) in [5.41, 5.74) is 6.78. The monoisotopic (exact) mass is 270 g/mol. The third kappa shape index (κ3) is 4.55. The molecule has 1 aromatic rings. The van der Waals surface area contributed by atoms with Gasteiger partial charge in [0.05, 0.1) is 5.02 Å². The number of carbonyl (C=O) groups is 1. The van der Waals surface area contributed by atoms with E-state index in [2.05, 4.69) is 0 Å². The van der Waals surface area contributed by atoms with Gasteiger partial charge in [-0.1, -0.05) is 17.7 Å². The Morgan fingerprint density at radius 2 is 2.17 bits per heavy atom. The Morgan fingerprint density at radius 1 is 1.50 bits per heavy atom. The lowest BCUT2D eigenvalue weighted by atomic mass is 10.1. The Labute approximate surface area is 113 Å². The zero-order chi connectivity index (χ0) is 13.7. The summed E-state index contributed by atoms with van der Waals surface area (Å²) in [6.07, 6.45) is 0.761. The first-order valence-electron chi connectivity index (χ1n) is 5.77. The molecule has 1 unspecified atom stereocenters. The van der Waals surface area contributed by atoms with E-state index >= 15 is 0 Å². The maximum Gasteiger partial charge on any atom is 0.259 e. The second kappa shape index (κ2) is 6.61. The summed E-state index contributed by atoms with van der Waals surface area (Å²) >= 11 is 6.09. The van der Waals surface area contributed by atoms with Crippen LogP contribution < -0.4 is 10.5 Å². The van der Waals surface area contributed by atoms with Gasteiger partial charge >= 0.3 is 0 Å². The lowest BCUT2D eigenvalue weighted by Crippen LogP contribution is -2.27. The molecular formula is C13H19ClN2O2. The van der Waals surface area contributed by atoms with Crippen molar-refractivity contribution in [3.63, 3.8) is 0 Å². The third-order valence-corrected chi connectivity index (χ3v) is 2.70. The van der Waals surface area contributed by atoms with E-state index in [0.29, 0.717) is 10.8 Å². The summed E-state index contributed by atoms with van der Waals surface area (Å²) in [7, 11) is 3.36. The van der Waals surface area contributed by atoms with Gasteiger partial charge in [0.2, 0.25) is 0 Å². The van der Waals surface area contributed by atoms with E-state index in [1.807, 2.05) is 19.1 Å². The third-order valence-electron chi connectivity index (χ3n) is 2.40. The fourth-order valence-electron chi connectivity index (χ4n) is 1.43. The SMILES string of the molecule is CC(N)Cc1ccc(OCC(=O)N(C)C)c(Cl)c1. The minimum Gasteiger partial charge on any atom is -0.482 e. The first kappa shape index (κ1) is 14.8. The molecule has 0 spiro atoms. The Bertz CT molecular complexity index is 419. The summed E-state index contributed by atoms with van der Waals surface area (Å²) in [6, 6.07) is 5.58. The van der Waals surface area contributed by atoms with Crippen LogP contribution in [0.15, 0.2) is 18.2 Å². The fourth-order valence-corrected chi connectivity index (χ4v) is 1.69. The molecule has 5 heteroatoms. The van der Waals surface area contributed by atoms with Crippen molar-refractivity contribution in [3.05, 3.63) is 28.8 Å². The number of halogens is 1. The second-order valence-corrected chi connectivity index (χ2v) is 4.93. The number of likely N-dealkylation sites (N-methyl/N-ethyl adjacent to an activating group) is 1. The van der Waals surface area contributed by atoms with Crippen LogP contribution in [0.3, 0.4) is 0 Å². The van der Waals surface area contributed by atoms with Crippen molar-refractivity contribution in [3.8, 4) is 5.75 Å². The van der Waals surface area contributed by atoms with Crippen LogP contribution >= 0.6 is 11.6 Å². The summed E-state index contributed by atoms with van der Waals surface area (Å²) in [4.78, 5) is 12.9. The highest BCUT2D eigenvalue weighted by Crippen LogP contribution is 2.25. The highest BCUT2D eigenvalue weighted by Gasteiger charge is 2.08. The van der Waals surface area contributed by atoms with Crippen LogP contribution in [0.25, 0.3) is 0 Å². The molecule has 0 aromatic heterocycles. The maximum absolute atomic E-state index is 11.4. The number of nitrogens with zero attached hydrogens (tertiary/aromatic N) is 1.